The highest BCUT2D eigenvalue weighted by atomic mass is 32.1. The first kappa shape index (κ1) is 9.29. The molecule has 0 unspecified atom stereocenters. The summed E-state index contributed by atoms with van der Waals surface area (Å²) in [7, 11) is 1.34. The summed E-state index contributed by atoms with van der Waals surface area (Å²) in [6.45, 7) is 0. The van der Waals surface area contributed by atoms with Crippen LogP contribution in [0.1, 0.15) is 10.4 Å². The van der Waals surface area contributed by atoms with Crippen molar-refractivity contribution in [2.24, 2.45) is 0 Å². The lowest BCUT2D eigenvalue weighted by molar-refractivity contribution is 0.0600. The topological polar surface area (TPSA) is 55.0 Å². The number of thiazole rings is 1. The van der Waals surface area contributed by atoms with Gasteiger partial charge in [-0.05, 0) is 18.3 Å². The van der Waals surface area contributed by atoms with Gasteiger partial charge in [0.05, 0.1) is 17.4 Å². The Kier molecular flexibility index (Phi) is 2.30. The molecule has 0 aliphatic heterocycles. The van der Waals surface area contributed by atoms with Crippen LogP contribution in [0.3, 0.4) is 0 Å². The standard InChI is InChI=1S/C8H6N2O2S2/c1-12-7(11)4-2-5-6(9-3-4)10-8(13)14-5/h2-3H,1H3,(H,9,10,13). The Hall–Kier alpha value is -1.27. The SMILES string of the molecule is COC(=O)c1cnc2[nH]c(=S)sc2c1. The monoisotopic (exact) mass is 226 g/mol. The van der Waals surface area contributed by atoms with Gasteiger partial charge >= 0.3 is 5.97 Å². The van der Waals surface area contributed by atoms with Gasteiger partial charge in [0.2, 0.25) is 0 Å². The minimum Gasteiger partial charge on any atom is -0.465 e. The number of carbonyl (C=O) groups is 1. The molecule has 0 spiro atoms. The van der Waals surface area contributed by atoms with Gasteiger partial charge in [0.1, 0.15) is 5.65 Å². The maximum Gasteiger partial charge on any atom is 0.339 e. The molecular formula is C8H6N2O2S2. The minimum atomic E-state index is -0.390. The van der Waals surface area contributed by atoms with Crippen molar-refractivity contribution in [3.8, 4) is 0 Å². The molecule has 1 N–H and O–H groups in total. The molecule has 2 aromatic rings. The van der Waals surface area contributed by atoms with Crippen LogP contribution < -0.4 is 0 Å². The van der Waals surface area contributed by atoms with E-state index in [0.717, 1.165) is 4.70 Å². The third kappa shape index (κ3) is 1.53. The summed E-state index contributed by atoms with van der Waals surface area (Å²) in [5, 5.41) is 0. The van der Waals surface area contributed by atoms with Gasteiger partial charge in [0.15, 0.2) is 3.95 Å². The summed E-state index contributed by atoms with van der Waals surface area (Å²) in [5.41, 5.74) is 1.14. The summed E-state index contributed by atoms with van der Waals surface area (Å²) in [6.07, 6.45) is 1.46. The molecule has 0 bridgehead atoms. The zero-order valence-corrected chi connectivity index (χ0v) is 8.87. The van der Waals surface area contributed by atoms with E-state index < -0.39 is 5.97 Å². The fraction of sp³-hybridized carbons (Fsp3) is 0.125. The molecule has 0 fully saturated rings. The molecule has 14 heavy (non-hydrogen) atoms. The maximum atomic E-state index is 11.2. The minimum absolute atomic E-state index is 0.390. The Bertz CT molecular complexity index is 544. The molecule has 0 aliphatic carbocycles. The van der Waals surface area contributed by atoms with E-state index >= 15 is 0 Å². The number of nitrogens with one attached hydrogen (secondary N) is 1. The van der Waals surface area contributed by atoms with Crippen LogP contribution in [0.5, 0.6) is 0 Å². The highest BCUT2D eigenvalue weighted by Gasteiger charge is 2.07. The second-order valence-corrected chi connectivity index (χ2v) is 4.30. The molecular weight excluding hydrogens is 220 g/mol. The van der Waals surface area contributed by atoms with Crippen LogP contribution in [-0.4, -0.2) is 23.0 Å². The smallest absolute Gasteiger partial charge is 0.339 e. The Morgan fingerprint density at radius 2 is 2.50 bits per heavy atom. The number of rotatable bonds is 1. The average Bonchev–Trinajstić information content (AvgIpc) is 2.55. The van der Waals surface area contributed by atoms with Gasteiger partial charge in [-0.1, -0.05) is 0 Å². The number of H-pyrrole nitrogens is 1. The maximum absolute atomic E-state index is 11.2. The molecule has 0 atom stereocenters. The van der Waals surface area contributed by atoms with E-state index in [1.807, 2.05) is 0 Å². The number of hydrogen-bond donors (Lipinski definition) is 1. The largest absolute Gasteiger partial charge is 0.465 e. The molecule has 2 heterocycles. The molecule has 0 saturated heterocycles. The molecule has 2 rings (SSSR count). The molecule has 6 heteroatoms. The van der Waals surface area contributed by atoms with Gasteiger partial charge < -0.3 is 9.72 Å². The van der Waals surface area contributed by atoms with Crippen molar-refractivity contribution in [2.45, 2.75) is 0 Å². The summed E-state index contributed by atoms with van der Waals surface area (Å²) < 4.78 is 6.09. The fourth-order valence-corrected chi connectivity index (χ4v) is 2.17. The molecule has 72 valence electrons. The normalized spacial score (nSPS) is 10.4. The number of hydrogen-bond acceptors (Lipinski definition) is 5. The van der Waals surface area contributed by atoms with Crippen molar-refractivity contribution < 1.29 is 9.53 Å². The van der Waals surface area contributed by atoms with Gasteiger partial charge in [-0.3, -0.25) is 0 Å². The zero-order chi connectivity index (χ0) is 10.1. The summed E-state index contributed by atoms with van der Waals surface area (Å²) >= 11 is 6.34. The zero-order valence-electron chi connectivity index (χ0n) is 7.23. The van der Waals surface area contributed by atoms with Crippen molar-refractivity contribution >= 4 is 39.9 Å². The molecule has 0 aliphatic rings. The van der Waals surface area contributed by atoms with E-state index in [0.29, 0.717) is 15.2 Å². The van der Waals surface area contributed by atoms with Gasteiger partial charge in [-0.25, -0.2) is 9.78 Å². The van der Waals surface area contributed by atoms with Gasteiger partial charge in [0, 0.05) is 6.20 Å². The summed E-state index contributed by atoms with van der Waals surface area (Å²) in [4.78, 5) is 18.1. The number of nitrogens with zero attached hydrogens (tertiary/aromatic N) is 1. The van der Waals surface area contributed by atoms with Crippen molar-refractivity contribution in [3.05, 3.63) is 21.8 Å². The second kappa shape index (κ2) is 3.47. The van der Waals surface area contributed by atoms with Crippen LogP contribution in [-0.2, 0) is 4.74 Å². The molecule has 0 radical (unpaired) electrons. The number of pyridine rings is 1. The van der Waals surface area contributed by atoms with Crippen LogP contribution in [0.4, 0.5) is 0 Å². The van der Waals surface area contributed by atoms with E-state index in [2.05, 4.69) is 14.7 Å². The number of aromatic amines is 1. The lowest BCUT2D eigenvalue weighted by Gasteiger charge is -1.96. The molecule has 0 saturated carbocycles. The highest BCUT2D eigenvalue weighted by Crippen LogP contribution is 2.18. The number of aromatic nitrogens is 2. The highest BCUT2D eigenvalue weighted by molar-refractivity contribution is 7.73. The molecule has 0 aromatic carbocycles. The summed E-state index contributed by atoms with van der Waals surface area (Å²) in [6, 6.07) is 1.71. The Morgan fingerprint density at radius 1 is 1.71 bits per heavy atom. The van der Waals surface area contributed by atoms with Crippen LogP contribution >= 0.6 is 23.6 Å². The van der Waals surface area contributed by atoms with Gasteiger partial charge in [-0.15, -0.1) is 11.3 Å². The third-order valence-electron chi connectivity index (χ3n) is 1.70. The number of esters is 1. The van der Waals surface area contributed by atoms with Gasteiger partial charge in [0.25, 0.3) is 0 Å². The van der Waals surface area contributed by atoms with E-state index in [-0.39, 0.29) is 0 Å². The van der Waals surface area contributed by atoms with E-state index in [1.54, 1.807) is 6.07 Å². The average molecular weight is 226 g/mol. The second-order valence-electron chi connectivity index (χ2n) is 2.58. The van der Waals surface area contributed by atoms with Crippen molar-refractivity contribution in [3.63, 3.8) is 0 Å². The number of carbonyl (C=O) groups excluding carboxylic acids is 1. The van der Waals surface area contributed by atoms with Gasteiger partial charge in [-0.2, -0.15) is 0 Å². The number of fused-ring (bicyclic) bond motifs is 1. The molecule has 4 nitrogen and oxygen atoms in total. The van der Waals surface area contributed by atoms with Crippen LogP contribution in [0.25, 0.3) is 10.3 Å². The Balaban J connectivity index is 2.61. The molecule has 0 amide bonds. The van der Waals surface area contributed by atoms with E-state index in [1.165, 1.54) is 24.6 Å². The van der Waals surface area contributed by atoms with E-state index in [4.69, 9.17) is 12.2 Å². The van der Waals surface area contributed by atoms with Crippen molar-refractivity contribution in [2.75, 3.05) is 7.11 Å². The lowest BCUT2D eigenvalue weighted by Crippen LogP contribution is -2.01. The van der Waals surface area contributed by atoms with Crippen LogP contribution in [0.15, 0.2) is 12.3 Å². The Morgan fingerprint density at radius 3 is 3.21 bits per heavy atom. The predicted octanol–water partition coefficient (Wildman–Crippen LogP) is 2.14. The first-order valence-electron chi connectivity index (χ1n) is 3.78. The van der Waals surface area contributed by atoms with Crippen molar-refractivity contribution in [1.82, 2.24) is 9.97 Å². The first-order chi connectivity index (χ1) is 6.70. The van der Waals surface area contributed by atoms with Crippen LogP contribution in [0, 0.1) is 3.95 Å². The third-order valence-corrected chi connectivity index (χ3v) is 2.87. The summed E-state index contributed by atoms with van der Waals surface area (Å²) in [5.74, 6) is -0.390. The van der Waals surface area contributed by atoms with Crippen molar-refractivity contribution in [1.29, 1.82) is 0 Å². The van der Waals surface area contributed by atoms with Crippen LogP contribution in [0.2, 0.25) is 0 Å². The first-order valence-corrected chi connectivity index (χ1v) is 5.00. The molecule has 2 aromatic heterocycles. The number of ether oxygens (including phenoxy) is 1. The Labute approximate surface area is 88.6 Å². The van der Waals surface area contributed by atoms with E-state index in [9.17, 15) is 4.79 Å². The quantitative estimate of drug-likeness (QED) is 0.598. The lowest BCUT2D eigenvalue weighted by atomic mass is 10.3. The fourth-order valence-electron chi connectivity index (χ4n) is 1.07. The predicted molar refractivity (Wildman–Crippen MR) is 56.1 cm³/mol. The number of methoxy groups -OCH3 is 1.